The van der Waals surface area contributed by atoms with E-state index in [-0.39, 0.29) is 5.41 Å². The Hall–Kier alpha value is -0.730. The van der Waals surface area contributed by atoms with Crippen molar-refractivity contribution in [2.75, 3.05) is 0 Å². The Morgan fingerprint density at radius 3 is 1.47 bits per heavy atom. The van der Waals surface area contributed by atoms with E-state index in [1.54, 1.807) is 13.8 Å². The average Bonchev–Trinajstić information content (AvgIpc) is 2.00. The molecule has 0 spiro atoms. The first-order valence-electron chi connectivity index (χ1n) is 5.50. The van der Waals surface area contributed by atoms with Gasteiger partial charge in [0.2, 0.25) is 0 Å². The fourth-order valence-electron chi connectivity index (χ4n) is 0.371. The van der Waals surface area contributed by atoms with E-state index in [9.17, 15) is 4.79 Å². The molecule has 0 bridgehead atoms. The Balaban J connectivity index is 0. The monoisotopic (exact) mass is 218 g/mol. The number of ether oxygens (including phenoxy) is 1. The van der Waals surface area contributed by atoms with Gasteiger partial charge in [0, 0.05) is 5.41 Å². The molecule has 15 heavy (non-hydrogen) atoms. The van der Waals surface area contributed by atoms with Crippen LogP contribution in [0.1, 0.15) is 61.3 Å². The van der Waals surface area contributed by atoms with E-state index in [2.05, 4.69) is 13.8 Å². The zero-order valence-corrected chi connectivity index (χ0v) is 11.2. The highest BCUT2D eigenvalue weighted by Gasteiger charge is 2.36. The minimum Gasteiger partial charge on any atom is -0.450 e. The molecule has 0 aromatic carbocycles. The molecule has 0 aromatic heterocycles. The molecule has 0 saturated carbocycles. The molecule has 0 aliphatic heterocycles. The fraction of sp³-hybridized carbons (Fsp3) is 0.917. The van der Waals surface area contributed by atoms with E-state index in [0.717, 1.165) is 0 Å². The molecule has 3 heteroatoms. The van der Waals surface area contributed by atoms with E-state index in [1.165, 1.54) is 12.8 Å². The van der Waals surface area contributed by atoms with Crippen LogP contribution in [0.25, 0.3) is 0 Å². The maximum Gasteiger partial charge on any atom is 0.506 e. The summed E-state index contributed by atoms with van der Waals surface area (Å²) in [7, 11) is 0. The van der Waals surface area contributed by atoms with Gasteiger partial charge in [0.1, 0.15) is 5.60 Å². The Labute approximate surface area is 93.8 Å². The van der Waals surface area contributed by atoms with Gasteiger partial charge in [-0.05, 0) is 13.8 Å². The number of unbranched alkanes of at least 4 members (excludes halogenated alkanes) is 1. The summed E-state index contributed by atoms with van der Waals surface area (Å²) in [5.41, 5.74) is -0.815. The number of carboxylic acid groups (broad SMARTS) is 1. The maximum absolute atomic E-state index is 10.2. The SMILES string of the molecule is CC(C)(C)C(C)(C)OC(=O)O.CCCC. The van der Waals surface area contributed by atoms with Crippen molar-refractivity contribution < 1.29 is 14.6 Å². The molecule has 92 valence electrons. The molecule has 0 fully saturated rings. The minimum absolute atomic E-state index is 0.175. The first kappa shape index (κ1) is 16.7. The van der Waals surface area contributed by atoms with Gasteiger partial charge >= 0.3 is 6.16 Å². The molecule has 0 radical (unpaired) electrons. The highest BCUT2D eigenvalue weighted by Crippen LogP contribution is 2.32. The summed E-state index contributed by atoms with van der Waals surface area (Å²) < 4.78 is 4.72. The lowest BCUT2D eigenvalue weighted by Crippen LogP contribution is -2.40. The van der Waals surface area contributed by atoms with Crippen LogP contribution < -0.4 is 0 Å². The van der Waals surface area contributed by atoms with Crippen molar-refractivity contribution in [3.63, 3.8) is 0 Å². The van der Waals surface area contributed by atoms with Crippen molar-refractivity contribution in [2.45, 2.75) is 66.9 Å². The van der Waals surface area contributed by atoms with Crippen LogP contribution in [0.15, 0.2) is 0 Å². The first-order chi connectivity index (χ1) is 6.58. The highest BCUT2D eigenvalue weighted by atomic mass is 16.7. The second kappa shape index (κ2) is 6.70. The Morgan fingerprint density at radius 2 is 1.40 bits per heavy atom. The number of hydrogen-bond acceptors (Lipinski definition) is 2. The third kappa shape index (κ3) is 8.28. The number of carbonyl (C=O) groups is 1. The van der Waals surface area contributed by atoms with Crippen LogP contribution in [0.5, 0.6) is 0 Å². The van der Waals surface area contributed by atoms with Gasteiger partial charge in [-0.25, -0.2) is 4.79 Å². The summed E-state index contributed by atoms with van der Waals surface area (Å²) in [6.07, 6.45) is 1.42. The topological polar surface area (TPSA) is 46.5 Å². The Kier molecular flexibility index (Phi) is 7.45. The largest absolute Gasteiger partial charge is 0.506 e. The van der Waals surface area contributed by atoms with E-state index in [4.69, 9.17) is 9.84 Å². The van der Waals surface area contributed by atoms with E-state index < -0.39 is 11.8 Å². The van der Waals surface area contributed by atoms with Gasteiger partial charge < -0.3 is 9.84 Å². The smallest absolute Gasteiger partial charge is 0.450 e. The molecule has 0 unspecified atom stereocenters. The zero-order chi connectivity index (χ0) is 12.7. The van der Waals surface area contributed by atoms with Gasteiger partial charge in [-0.1, -0.05) is 47.5 Å². The van der Waals surface area contributed by atoms with Crippen molar-refractivity contribution in [1.29, 1.82) is 0 Å². The van der Waals surface area contributed by atoms with E-state index >= 15 is 0 Å². The third-order valence-electron chi connectivity index (χ3n) is 2.65. The van der Waals surface area contributed by atoms with Crippen molar-refractivity contribution in [1.82, 2.24) is 0 Å². The molecule has 0 amide bonds. The molecule has 0 saturated heterocycles. The quantitative estimate of drug-likeness (QED) is 0.702. The maximum atomic E-state index is 10.2. The standard InChI is InChI=1S/C8H16O3.C4H10/c1-7(2,3)8(4,5)11-6(9)10;1-3-4-2/h1-5H3,(H,9,10);3-4H2,1-2H3. The second-order valence-electron chi connectivity index (χ2n) is 5.13. The van der Waals surface area contributed by atoms with Crippen molar-refractivity contribution >= 4 is 6.16 Å². The Morgan fingerprint density at radius 1 is 1.07 bits per heavy atom. The molecular weight excluding hydrogens is 192 g/mol. The molecular formula is C12H26O3. The van der Waals surface area contributed by atoms with Crippen molar-refractivity contribution in [2.24, 2.45) is 5.41 Å². The van der Waals surface area contributed by atoms with Gasteiger partial charge in [0.05, 0.1) is 0 Å². The van der Waals surface area contributed by atoms with Crippen LogP contribution in [0.4, 0.5) is 4.79 Å². The van der Waals surface area contributed by atoms with Gasteiger partial charge in [-0.3, -0.25) is 0 Å². The zero-order valence-electron chi connectivity index (χ0n) is 11.2. The molecule has 0 heterocycles. The summed E-state index contributed by atoms with van der Waals surface area (Å²) in [5.74, 6) is 0. The minimum atomic E-state index is -1.22. The summed E-state index contributed by atoms with van der Waals surface area (Å²) in [6.45, 7) is 13.7. The summed E-state index contributed by atoms with van der Waals surface area (Å²) in [4.78, 5) is 10.2. The van der Waals surface area contributed by atoms with Crippen LogP contribution in [0, 0.1) is 5.41 Å². The van der Waals surface area contributed by atoms with Crippen LogP contribution in [-0.2, 0) is 4.74 Å². The van der Waals surface area contributed by atoms with Crippen LogP contribution in [0.2, 0.25) is 0 Å². The molecule has 0 aliphatic rings. The molecule has 0 rings (SSSR count). The van der Waals surface area contributed by atoms with Crippen LogP contribution in [-0.4, -0.2) is 16.9 Å². The number of hydrogen-bond donors (Lipinski definition) is 1. The van der Waals surface area contributed by atoms with Gasteiger partial charge in [0.15, 0.2) is 0 Å². The lowest BCUT2D eigenvalue weighted by molar-refractivity contribution is -0.0607. The van der Waals surface area contributed by atoms with Crippen LogP contribution >= 0.6 is 0 Å². The van der Waals surface area contributed by atoms with E-state index in [0.29, 0.717) is 0 Å². The van der Waals surface area contributed by atoms with Gasteiger partial charge in [0.25, 0.3) is 0 Å². The molecule has 0 aromatic rings. The lowest BCUT2D eigenvalue weighted by atomic mass is 9.79. The predicted molar refractivity (Wildman–Crippen MR) is 63.2 cm³/mol. The average molecular weight is 218 g/mol. The van der Waals surface area contributed by atoms with Gasteiger partial charge in [-0.15, -0.1) is 0 Å². The number of rotatable bonds is 2. The van der Waals surface area contributed by atoms with Gasteiger partial charge in [-0.2, -0.15) is 0 Å². The van der Waals surface area contributed by atoms with E-state index in [1.807, 2.05) is 20.8 Å². The van der Waals surface area contributed by atoms with Crippen molar-refractivity contribution in [3.8, 4) is 0 Å². The molecule has 0 aliphatic carbocycles. The molecule has 0 atom stereocenters. The van der Waals surface area contributed by atoms with Crippen molar-refractivity contribution in [3.05, 3.63) is 0 Å². The highest BCUT2D eigenvalue weighted by molar-refractivity contribution is 5.57. The predicted octanol–water partition coefficient (Wildman–Crippen LogP) is 4.31. The first-order valence-corrected chi connectivity index (χ1v) is 5.50. The third-order valence-corrected chi connectivity index (χ3v) is 2.65. The Bertz CT molecular complexity index is 176. The second-order valence-corrected chi connectivity index (χ2v) is 5.13. The summed E-state index contributed by atoms with van der Waals surface area (Å²) in [6, 6.07) is 0. The fourth-order valence-corrected chi connectivity index (χ4v) is 0.371. The molecule has 3 nitrogen and oxygen atoms in total. The normalized spacial score (nSPS) is 11.4. The molecule has 1 N–H and O–H groups in total. The summed E-state index contributed by atoms with van der Waals surface area (Å²) >= 11 is 0. The lowest BCUT2D eigenvalue weighted by Gasteiger charge is -2.36. The summed E-state index contributed by atoms with van der Waals surface area (Å²) in [5, 5.41) is 8.39. The van der Waals surface area contributed by atoms with Crippen LogP contribution in [0.3, 0.4) is 0 Å².